The molecule has 0 bridgehead atoms. The summed E-state index contributed by atoms with van der Waals surface area (Å²) in [6.07, 6.45) is 5.95. The zero-order chi connectivity index (χ0) is 24.5. The maximum atomic E-state index is 9.71. The number of hydrogen-bond acceptors (Lipinski definition) is 4. The van der Waals surface area contributed by atoms with E-state index in [1.165, 1.54) is 16.7 Å². The summed E-state index contributed by atoms with van der Waals surface area (Å²) in [5, 5.41) is 10.7. The van der Waals surface area contributed by atoms with Crippen molar-refractivity contribution in [1.29, 1.82) is 5.26 Å². The van der Waals surface area contributed by atoms with Crippen LogP contribution in [0.3, 0.4) is 0 Å². The Kier molecular flexibility index (Phi) is 6.31. The van der Waals surface area contributed by atoms with Crippen LogP contribution >= 0.6 is 0 Å². The van der Waals surface area contributed by atoms with Gasteiger partial charge in [0.05, 0.1) is 11.8 Å². The van der Waals surface area contributed by atoms with Gasteiger partial charge >= 0.3 is 0 Å². The summed E-state index contributed by atoms with van der Waals surface area (Å²) >= 11 is 0. The van der Waals surface area contributed by atoms with Crippen molar-refractivity contribution in [3.8, 4) is 17.3 Å². The van der Waals surface area contributed by atoms with Crippen molar-refractivity contribution in [2.24, 2.45) is 0 Å². The van der Waals surface area contributed by atoms with Crippen LogP contribution in [0.1, 0.15) is 23.1 Å². The van der Waals surface area contributed by atoms with Crippen LogP contribution in [0.15, 0.2) is 67.1 Å². The molecule has 1 aliphatic carbocycles. The minimum Gasteiger partial charge on any atom is -0.361 e. The van der Waals surface area contributed by atoms with Gasteiger partial charge < -0.3 is 9.30 Å². The van der Waals surface area contributed by atoms with Gasteiger partial charge in [0.1, 0.15) is 18.7 Å². The third kappa shape index (κ3) is 4.79. The largest absolute Gasteiger partial charge is 0.361 e. The lowest BCUT2D eigenvalue weighted by Crippen LogP contribution is -2.26. The minimum atomic E-state index is -1.12. The molecule has 0 atom stereocenters. The first-order valence-electron chi connectivity index (χ1n) is 12.3. The number of hydrogen-bond donors (Lipinski definition) is 0. The summed E-state index contributed by atoms with van der Waals surface area (Å²) in [6.45, 7) is 8.35. The standard InChI is InChI=1S/C29H32N4OSi/c1-35(2,3)16-15-34-21-33-14-11-26-27(31-20-32-28(26)33)22-9-6-10-25(17-22)29(12-13-30)18-23-7-4-5-8-24(23)19-29/h4-11,14,17,20H,12,15-16,18-19,21H2,1-3H3. The molecule has 178 valence electrons. The first kappa shape index (κ1) is 23.5. The summed E-state index contributed by atoms with van der Waals surface area (Å²) in [5.41, 5.74) is 6.56. The Hall–Kier alpha value is -3.27. The Morgan fingerprint density at radius 2 is 1.80 bits per heavy atom. The number of rotatable bonds is 8. The van der Waals surface area contributed by atoms with E-state index in [2.05, 4.69) is 94.8 Å². The molecule has 0 radical (unpaired) electrons. The van der Waals surface area contributed by atoms with Crippen LogP contribution in [0, 0.1) is 11.3 Å². The SMILES string of the molecule is C[Si](C)(C)CCOCn1ccc2c(-c3cccc(C4(CC#N)Cc5ccccc5C4)c3)ncnc21. The molecule has 0 unspecified atom stereocenters. The lowest BCUT2D eigenvalue weighted by atomic mass is 9.75. The van der Waals surface area contributed by atoms with Crippen LogP contribution in [0.4, 0.5) is 0 Å². The summed E-state index contributed by atoms with van der Waals surface area (Å²) < 4.78 is 8.03. The van der Waals surface area contributed by atoms with E-state index in [1.54, 1.807) is 6.33 Å². The van der Waals surface area contributed by atoms with Gasteiger partial charge in [0.2, 0.25) is 0 Å². The molecule has 6 heteroatoms. The highest BCUT2D eigenvalue weighted by atomic mass is 28.3. The van der Waals surface area contributed by atoms with E-state index in [9.17, 15) is 5.26 Å². The van der Waals surface area contributed by atoms with Crippen molar-refractivity contribution < 1.29 is 4.74 Å². The molecule has 0 amide bonds. The Labute approximate surface area is 208 Å². The van der Waals surface area contributed by atoms with E-state index < -0.39 is 8.07 Å². The number of benzene rings is 2. The number of aromatic nitrogens is 3. The molecule has 0 spiro atoms. The highest BCUT2D eigenvalue weighted by molar-refractivity contribution is 6.76. The van der Waals surface area contributed by atoms with Crippen LogP contribution in [-0.2, 0) is 29.7 Å². The molecule has 2 aromatic heterocycles. The fraction of sp³-hybridized carbons (Fsp3) is 0.345. The van der Waals surface area contributed by atoms with Crippen LogP contribution < -0.4 is 0 Å². The average Bonchev–Trinajstić information content (AvgIpc) is 3.43. The molecule has 2 aromatic carbocycles. The lowest BCUT2D eigenvalue weighted by Gasteiger charge is -2.27. The maximum absolute atomic E-state index is 9.71. The van der Waals surface area contributed by atoms with E-state index in [0.717, 1.165) is 47.8 Å². The number of nitrogens with zero attached hydrogens (tertiary/aromatic N) is 4. The fourth-order valence-electron chi connectivity index (χ4n) is 5.15. The predicted molar refractivity (Wildman–Crippen MR) is 143 cm³/mol. The number of nitriles is 1. The smallest absolute Gasteiger partial charge is 0.145 e. The highest BCUT2D eigenvalue weighted by Crippen LogP contribution is 2.43. The Morgan fingerprint density at radius 3 is 2.51 bits per heavy atom. The molecule has 0 aliphatic heterocycles. The maximum Gasteiger partial charge on any atom is 0.145 e. The molecule has 0 N–H and O–H groups in total. The topological polar surface area (TPSA) is 63.7 Å². The van der Waals surface area contributed by atoms with Crippen molar-refractivity contribution in [3.63, 3.8) is 0 Å². The molecule has 0 fully saturated rings. The molecule has 5 rings (SSSR count). The molecule has 0 saturated heterocycles. The number of fused-ring (bicyclic) bond motifs is 2. The van der Waals surface area contributed by atoms with Gasteiger partial charge in [-0.05, 0) is 47.7 Å². The second-order valence-corrected chi connectivity index (χ2v) is 16.5. The Bertz CT molecular complexity index is 1370. The third-order valence-electron chi connectivity index (χ3n) is 7.12. The van der Waals surface area contributed by atoms with Crippen molar-refractivity contribution in [1.82, 2.24) is 14.5 Å². The minimum absolute atomic E-state index is 0.198. The molecule has 35 heavy (non-hydrogen) atoms. The van der Waals surface area contributed by atoms with Gasteiger partial charge in [-0.1, -0.05) is 62.1 Å². The molecular weight excluding hydrogens is 448 g/mol. The third-order valence-corrected chi connectivity index (χ3v) is 8.83. The van der Waals surface area contributed by atoms with E-state index in [4.69, 9.17) is 4.74 Å². The van der Waals surface area contributed by atoms with E-state index >= 15 is 0 Å². The zero-order valence-corrected chi connectivity index (χ0v) is 21.8. The van der Waals surface area contributed by atoms with Crippen molar-refractivity contribution in [2.75, 3.05) is 6.61 Å². The van der Waals surface area contributed by atoms with Crippen LogP contribution in [0.5, 0.6) is 0 Å². The quantitative estimate of drug-likeness (QED) is 0.217. The van der Waals surface area contributed by atoms with Gasteiger partial charge in [0.15, 0.2) is 0 Å². The number of ether oxygens (including phenoxy) is 1. The summed E-state index contributed by atoms with van der Waals surface area (Å²) in [6, 6.07) is 22.9. The van der Waals surface area contributed by atoms with E-state index in [0.29, 0.717) is 13.2 Å². The lowest BCUT2D eigenvalue weighted by molar-refractivity contribution is 0.0899. The van der Waals surface area contributed by atoms with Gasteiger partial charge in [-0.25, -0.2) is 9.97 Å². The normalized spacial score (nSPS) is 14.7. The zero-order valence-electron chi connectivity index (χ0n) is 20.8. The summed E-state index contributed by atoms with van der Waals surface area (Å²) in [7, 11) is -1.12. The molecule has 0 saturated carbocycles. The van der Waals surface area contributed by atoms with Crippen LogP contribution in [0.2, 0.25) is 25.7 Å². The Morgan fingerprint density at radius 1 is 1.03 bits per heavy atom. The van der Waals surface area contributed by atoms with Crippen LogP contribution in [-0.4, -0.2) is 29.2 Å². The van der Waals surface area contributed by atoms with E-state index in [1.807, 2.05) is 6.20 Å². The van der Waals surface area contributed by atoms with E-state index in [-0.39, 0.29) is 5.41 Å². The van der Waals surface area contributed by atoms with Crippen molar-refractivity contribution in [2.45, 2.75) is 57.1 Å². The van der Waals surface area contributed by atoms with Gasteiger partial charge in [0.25, 0.3) is 0 Å². The molecule has 5 nitrogen and oxygen atoms in total. The summed E-state index contributed by atoms with van der Waals surface area (Å²) in [5.74, 6) is 0. The fourth-order valence-corrected chi connectivity index (χ4v) is 5.91. The average molecular weight is 481 g/mol. The highest BCUT2D eigenvalue weighted by Gasteiger charge is 2.38. The molecule has 1 aliphatic rings. The Balaban J connectivity index is 1.45. The monoisotopic (exact) mass is 480 g/mol. The second kappa shape index (κ2) is 9.41. The van der Waals surface area contributed by atoms with Gasteiger partial charge in [-0.3, -0.25) is 0 Å². The van der Waals surface area contributed by atoms with Crippen LogP contribution in [0.25, 0.3) is 22.3 Å². The molecule has 2 heterocycles. The first-order chi connectivity index (χ1) is 16.9. The van der Waals surface area contributed by atoms with Gasteiger partial charge in [-0.2, -0.15) is 5.26 Å². The predicted octanol–water partition coefficient (Wildman–Crippen LogP) is 6.36. The van der Waals surface area contributed by atoms with Crippen molar-refractivity contribution >= 4 is 19.1 Å². The van der Waals surface area contributed by atoms with Gasteiger partial charge in [-0.15, -0.1) is 0 Å². The van der Waals surface area contributed by atoms with Gasteiger partial charge in [0, 0.05) is 43.7 Å². The molecular formula is C29H32N4OSi. The summed E-state index contributed by atoms with van der Waals surface area (Å²) in [4.78, 5) is 9.23. The second-order valence-electron chi connectivity index (χ2n) is 10.9. The molecule has 4 aromatic rings. The first-order valence-corrected chi connectivity index (χ1v) is 16.0. The van der Waals surface area contributed by atoms with Crippen molar-refractivity contribution in [3.05, 3.63) is 83.8 Å².